The van der Waals surface area contributed by atoms with Crippen molar-refractivity contribution in [3.8, 4) is 6.07 Å². The fraction of sp³-hybridized carbons (Fsp3) is 0.118. The van der Waals surface area contributed by atoms with Crippen LogP contribution in [0.15, 0.2) is 46.8 Å². The molecule has 8 heteroatoms. The Morgan fingerprint density at radius 3 is 2.92 bits per heavy atom. The normalized spacial score (nSPS) is 10.8. The zero-order valence-corrected chi connectivity index (χ0v) is 14.3. The fourth-order valence-corrected chi connectivity index (χ4v) is 3.99. The number of benzene rings is 2. The van der Waals surface area contributed by atoms with Crippen molar-refractivity contribution >= 4 is 44.9 Å². The molecule has 0 unspecified atom stereocenters. The highest BCUT2D eigenvalue weighted by Crippen LogP contribution is 2.32. The topological polar surface area (TPSA) is 65.8 Å². The van der Waals surface area contributed by atoms with E-state index in [1.165, 1.54) is 17.4 Å². The molecule has 0 aliphatic heterocycles. The minimum Gasteiger partial charge on any atom is -0.322 e. The molecule has 0 bridgehead atoms. The van der Waals surface area contributed by atoms with E-state index < -0.39 is 6.43 Å². The van der Waals surface area contributed by atoms with E-state index in [0.717, 1.165) is 16.5 Å². The number of alkyl halides is 2. The van der Waals surface area contributed by atoms with Crippen LogP contribution >= 0.6 is 23.1 Å². The number of halogens is 2. The number of anilines is 1. The minimum absolute atomic E-state index is 0.293. The van der Waals surface area contributed by atoms with Gasteiger partial charge < -0.3 is 5.32 Å². The van der Waals surface area contributed by atoms with E-state index in [4.69, 9.17) is 5.26 Å². The average Bonchev–Trinajstić information content (AvgIpc) is 3.02. The number of fused-ring (bicyclic) bond motifs is 1. The highest BCUT2D eigenvalue weighted by molar-refractivity contribution is 8.01. The van der Waals surface area contributed by atoms with Crippen molar-refractivity contribution in [2.45, 2.75) is 10.8 Å². The lowest BCUT2D eigenvalue weighted by Crippen LogP contribution is -2.11. The Bertz CT molecular complexity index is 966. The van der Waals surface area contributed by atoms with Crippen molar-refractivity contribution < 1.29 is 13.6 Å². The van der Waals surface area contributed by atoms with Gasteiger partial charge >= 0.3 is 0 Å². The van der Waals surface area contributed by atoms with Gasteiger partial charge in [0.05, 0.1) is 27.6 Å². The molecule has 3 rings (SSSR count). The summed E-state index contributed by atoms with van der Waals surface area (Å²) in [6.07, 6.45) is -2.38. The molecule has 0 saturated heterocycles. The number of nitriles is 1. The molecule has 0 radical (unpaired) electrons. The summed E-state index contributed by atoms with van der Waals surface area (Å²) in [5.74, 6) is -0.619. The number of carbonyl (C=O) groups is 1. The Labute approximate surface area is 150 Å². The van der Waals surface area contributed by atoms with Crippen LogP contribution in [0.1, 0.15) is 15.9 Å². The van der Waals surface area contributed by atoms with Crippen LogP contribution < -0.4 is 5.32 Å². The second kappa shape index (κ2) is 7.59. The molecule has 0 fully saturated rings. The maximum absolute atomic E-state index is 12.3. The summed E-state index contributed by atoms with van der Waals surface area (Å²) in [6, 6.07) is 13.6. The molecule has 0 atom stereocenters. The van der Waals surface area contributed by atoms with Crippen molar-refractivity contribution in [3.63, 3.8) is 0 Å². The van der Waals surface area contributed by atoms with Crippen LogP contribution in [0.2, 0.25) is 0 Å². The lowest BCUT2D eigenvalue weighted by molar-refractivity contribution is 0.102. The number of thioether (sulfide) groups is 1. The van der Waals surface area contributed by atoms with Crippen molar-refractivity contribution in [1.29, 1.82) is 5.26 Å². The molecule has 3 aromatic rings. The van der Waals surface area contributed by atoms with Crippen molar-refractivity contribution in [2.24, 2.45) is 0 Å². The summed E-state index contributed by atoms with van der Waals surface area (Å²) < 4.78 is 26.0. The van der Waals surface area contributed by atoms with E-state index in [9.17, 15) is 13.6 Å². The number of thiazole rings is 1. The lowest BCUT2D eigenvalue weighted by atomic mass is 10.1. The fourth-order valence-electron chi connectivity index (χ4n) is 2.11. The maximum Gasteiger partial charge on any atom is 0.255 e. The van der Waals surface area contributed by atoms with Gasteiger partial charge in [-0.3, -0.25) is 4.79 Å². The predicted molar refractivity (Wildman–Crippen MR) is 95.5 cm³/mol. The maximum atomic E-state index is 12.3. The molecule has 1 aromatic heterocycles. The van der Waals surface area contributed by atoms with Gasteiger partial charge in [0, 0.05) is 11.3 Å². The molecule has 2 aromatic carbocycles. The first-order valence-corrected chi connectivity index (χ1v) is 8.98. The Hall–Kier alpha value is -2.50. The second-order valence-corrected chi connectivity index (χ2v) is 7.31. The average molecular weight is 375 g/mol. The Morgan fingerprint density at radius 1 is 1.32 bits per heavy atom. The molecule has 4 nitrogen and oxygen atoms in total. The molecule has 1 amide bonds. The van der Waals surface area contributed by atoms with Crippen LogP contribution in [0, 0.1) is 11.3 Å². The Balaban J connectivity index is 1.77. The van der Waals surface area contributed by atoms with E-state index in [2.05, 4.69) is 10.3 Å². The first-order valence-electron chi connectivity index (χ1n) is 7.18. The largest absolute Gasteiger partial charge is 0.322 e. The van der Waals surface area contributed by atoms with Gasteiger partial charge in [-0.05, 0) is 36.4 Å². The van der Waals surface area contributed by atoms with Crippen LogP contribution in [-0.2, 0) is 0 Å². The molecule has 1 heterocycles. The third kappa shape index (κ3) is 4.32. The van der Waals surface area contributed by atoms with Gasteiger partial charge in [0.1, 0.15) is 0 Å². The van der Waals surface area contributed by atoms with E-state index in [1.54, 1.807) is 36.4 Å². The quantitative estimate of drug-likeness (QED) is 0.652. The van der Waals surface area contributed by atoms with Crippen LogP contribution in [0.25, 0.3) is 10.2 Å². The predicted octanol–water partition coefficient (Wildman–Crippen LogP) is 4.78. The van der Waals surface area contributed by atoms with Gasteiger partial charge in [0.15, 0.2) is 4.34 Å². The number of hydrogen-bond donors (Lipinski definition) is 1. The summed E-state index contributed by atoms with van der Waals surface area (Å²) in [4.78, 5) is 16.6. The summed E-state index contributed by atoms with van der Waals surface area (Å²) in [7, 11) is 0. The number of rotatable bonds is 5. The number of nitrogens with zero attached hydrogens (tertiary/aromatic N) is 2. The second-order valence-electron chi connectivity index (χ2n) is 5.01. The SMILES string of the molecule is N#Cc1cccc(C(=O)Nc2ccc3nc(SCC(F)F)sc3c2)c1. The van der Waals surface area contributed by atoms with Crippen LogP contribution in [0.3, 0.4) is 0 Å². The lowest BCUT2D eigenvalue weighted by Gasteiger charge is -2.05. The van der Waals surface area contributed by atoms with Gasteiger partial charge in [-0.1, -0.05) is 17.8 Å². The van der Waals surface area contributed by atoms with Crippen LogP contribution in [0.4, 0.5) is 14.5 Å². The molecule has 0 aliphatic rings. The third-order valence-corrected chi connectivity index (χ3v) is 5.39. The number of aromatic nitrogens is 1. The summed E-state index contributed by atoms with van der Waals surface area (Å²) in [5, 5.41) is 11.7. The van der Waals surface area contributed by atoms with E-state index in [-0.39, 0.29) is 11.7 Å². The summed E-state index contributed by atoms with van der Waals surface area (Å²) in [6.45, 7) is 0. The Morgan fingerprint density at radius 2 is 2.16 bits per heavy atom. The zero-order chi connectivity index (χ0) is 17.8. The summed E-state index contributed by atoms with van der Waals surface area (Å²) >= 11 is 2.32. The third-order valence-electron chi connectivity index (χ3n) is 3.21. The molecule has 1 N–H and O–H groups in total. The highest BCUT2D eigenvalue weighted by atomic mass is 32.2. The van der Waals surface area contributed by atoms with Gasteiger partial charge in [-0.15, -0.1) is 11.3 Å². The molecular formula is C17H11F2N3OS2. The van der Waals surface area contributed by atoms with Crippen molar-refractivity contribution in [3.05, 3.63) is 53.6 Å². The molecular weight excluding hydrogens is 364 g/mol. The monoisotopic (exact) mass is 375 g/mol. The van der Waals surface area contributed by atoms with Gasteiger partial charge in [-0.25, -0.2) is 13.8 Å². The van der Waals surface area contributed by atoms with Gasteiger partial charge in [0.25, 0.3) is 5.91 Å². The molecule has 126 valence electrons. The highest BCUT2D eigenvalue weighted by Gasteiger charge is 2.11. The number of amides is 1. The van der Waals surface area contributed by atoms with Gasteiger partial charge in [0.2, 0.25) is 6.43 Å². The van der Waals surface area contributed by atoms with E-state index >= 15 is 0 Å². The number of nitrogens with one attached hydrogen (secondary N) is 1. The van der Waals surface area contributed by atoms with Crippen molar-refractivity contribution in [1.82, 2.24) is 4.98 Å². The standard InChI is InChI=1S/C17H11F2N3OS2/c18-15(19)9-24-17-22-13-5-4-12(7-14(13)25-17)21-16(23)11-3-1-2-10(6-11)8-20/h1-7,15H,9H2,(H,21,23). The number of hydrogen-bond acceptors (Lipinski definition) is 5. The molecule has 0 saturated carbocycles. The van der Waals surface area contributed by atoms with Crippen molar-refractivity contribution in [2.75, 3.05) is 11.1 Å². The molecule has 0 spiro atoms. The van der Waals surface area contributed by atoms with Gasteiger partial charge in [-0.2, -0.15) is 5.26 Å². The summed E-state index contributed by atoms with van der Waals surface area (Å²) in [5.41, 5.74) is 2.07. The molecule has 25 heavy (non-hydrogen) atoms. The molecule has 0 aliphatic carbocycles. The zero-order valence-electron chi connectivity index (χ0n) is 12.7. The van der Waals surface area contributed by atoms with Crippen LogP contribution in [0.5, 0.6) is 0 Å². The Kier molecular flexibility index (Phi) is 5.26. The van der Waals surface area contributed by atoms with E-state index in [1.807, 2.05) is 6.07 Å². The minimum atomic E-state index is -2.38. The number of carbonyl (C=O) groups excluding carboxylic acids is 1. The van der Waals surface area contributed by atoms with E-state index in [0.29, 0.717) is 26.7 Å². The van der Waals surface area contributed by atoms with Crippen LogP contribution in [-0.4, -0.2) is 23.1 Å². The first-order chi connectivity index (χ1) is 12.0. The first kappa shape index (κ1) is 17.3. The smallest absolute Gasteiger partial charge is 0.255 e.